The monoisotopic (exact) mass is 292 g/mol. The van der Waals surface area contributed by atoms with Gasteiger partial charge in [0, 0.05) is 25.6 Å². The molecule has 0 aromatic carbocycles. The first-order valence-corrected chi connectivity index (χ1v) is 7.94. The second-order valence-corrected chi connectivity index (χ2v) is 5.57. The van der Waals surface area contributed by atoms with Gasteiger partial charge in [-0.2, -0.15) is 11.3 Å². The lowest BCUT2D eigenvalue weighted by Gasteiger charge is -2.20. The first-order chi connectivity index (χ1) is 9.74. The molecule has 2 rings (SSSR count). The molecule has 0 spiro atoms. The van der Waals surface area contributed by atoms with E-state index in [1.54, 1.807) is 17.4 Å². The summed E-state index contributed by atoms with van der Waals surface area (Å²) in [6.07, 6.45) is 2.73. The molecule has 0 saturated carbocycles. The number of carbonyl (C=O) groups is 1. The van der Waals surface area contributed by atoms with E-state index in [9.17, 15) is 4.79 Å². The molecule has 108 valence electrons. The van der Waals surface area contributed by atoms with Crippen molar-refractivity contribution in [2.75, 3.05) is 6.54 Å². The molecule has 0 bridgehead atoms. The third-order valence-electron chi connectivity index (χ3n) is 3.01. The van der Waals surface area contributed by atoms with E-state index in [2.05, 4.69) is 24.4 Å². The van der Waals surface area contributed by atoms with E-state index in [0.717, 1.165) is 37.1 Å². The lowest BCUT2D eigenvalue weighted by Crippen LogP contribution is -2.31. The third-order valence-corrected chi connectivity index (χ3v) is 3.74. The van der Waals surface area contributed by atoms with E-state index < -0.39 is 0 Å². The van der Waals surface area contributed by atoms with Gasteiger partial charge < -0.3 is 9.42 Å². The van der Waals surface area contributed by atoms with Crippen molar-refractivity contribution in [2.45, 2.75) is 39.7 Å². The Hall–Kier alpha value is -1.62. The molecule has 0 aliphatic heterocycles. The van der Waals surface area contributed by atoms with Crippen LogP contribution in [0.25, 0.3) is 0 Å². The molecule has 0 aliphatic carbocycles. The maximum absolute atomic E-state index is 12.5. The SMILES string of the molecule is CCCc1cc(C(=O)N(CCC)Cc2ccsc2)no1. The molecule has 0 N–H and O–H groups in total. The van der Waals surface area contributed by atoms with Crippen LogP contribution in [0, 0.1) is 0 Å². The van der Waals surface area contributed by atoms with Crippen LogP contribution in [0.5, 0.6) is 0 Å². The largest absolute Gasteiger partial charge is 0.361 e. The normalized spacial score (nSPS) is 10.7. The summed E-state index contributed by atoms with van der Waals surface area (Å²) in [4.78, 5) is 14.3. The van der Waals surface area contributed by atoms with Crippen LogP contribution in [-0.4, -0.2) is 22.5 Å². The van der Waals surface area contributed by atoms with E-state index in [0.29, 0.717) is 12.2 Å². The molecule has 0 fully saturated rings. The molecule has 4 nitrogen and oxygen atoms in total. The van der Waals surface area contributed by atoms with Gasteiger partial charge in [0.15, 0.2) is 5.69 Å². The van der Waals surface area contributed by atoms with Gasteiger partial charge in [0.1, 0.15) is 5.76 Å². The minimum atomic E-state index is -0.0517. The minimum Gasteiger partial charge on any atom is -0.361 e. The van der Waals surface area contributed by atoms with Gasteiger partial charge in [0.25, 0.3) is 5.91 Å². The second kappa shape index (κ2) is 7.24. The third kappa shape index (κ3) is 3.70. The fourth-order valence-electron chi connectivity index (χ4n) is 2.07. The Morgan fingerprint density at radius 1 is 1.40 bits per heavy atom. The summed E-state index contributed by atoms with van der Waals surface area (Å²) in [5.74, 6) is 0.729. The number of carbonyl (C=O) groups excluding carboxylic acids is 1. The molecule has 2 aromatic rings. The van der Waals surface area contributed by atoms with Crippen LogP contribution in [0.2, 0.25) is 0 Å². The molecular formula is C15H20N2O2S. The summed E-state index contributed by atoms with van der Waals surface area (Å²) >= 11 is 1.65. The van der Waals surface area contributed by atoms with Gasteiger partial charge in [0.05, 0.1) is 0 Å². The van der Waals surface area contributed by atoms with Crippen LogP contribution >= 0.6 is 11.3 Å². The van der Waals surface area contributed by atoms with Gasteiger partial charge in [-0.1, -0.05) is 19.0 Å². The summed E-state index contributed by atoms with van der Waals surface area (Å²) in [7, 11) is 0. The molecule has 0 saturated heterocycles. The number of hydrogen-bond acceptors (Lipinski definition) is 4. The lowest BCUT2D eigenvalue weighted by atomic mass is 10.2. The standard InChI is InChI=1S/C15H20N2O2S/c1-3-5-13-9-14(16-19-13)15(18)17(7-4-2)10-12-6-8-20-11-12/h6,8-9,11H,3-5,7,10H2,1-2H3. The fraction of sp³-hybridized carbons (Fsp3) is 0.467. The first-order valence-electron chi connectivity index (χ1n) is 7.00. The van der Waals surface area contributed by atoms with Gasteiger partial charge >= 0.3 is 0 Å². The summed E-state index contributed by atoms with van der Waals surface area (Å²) in [6.45, 7) is 5.50. The first kappa shape index (κ1) is 14.8. The smallest absolute Gasteiger partial charge is 0.276 e. The zero-order valence-electron chi connectivity index (χ0n) is 12.0. The zero-order valence-corrected chi connectivity index (χ0v) is 12.8. The van der Waals surface area contributed by atoms with Gasteiger partial charge in [0.2, 0.25) is 0 Å². The molecule has 2 aromatic heterocycles. The highest BCUT2D eigenvalue weighted by atomic mass is 32.1. The van der Waals surface area contributed by atoms with Crippen LogP contribution in [0.4, 0.5) is 0 Å². The number of rotatable bonds is 7. The predicted molar refractivity (Wildman–Crippen MR) is 79.8 cm³/mol. The Bertz CT molecular complexity index is 534. The number of aryl methyl sites for hydroxylation is 1. The van der Waals surface area contributed by atoms with Gasteiger partial charge in [-0.15, -0.1) is 0 Å². The molecule has 0 aliphatic rings. The second-order valence-electron chi connectivity index (χ2n) is 4.79. The quantitative estimate of drug-likeness (QED) is 0.781. The van der Waals surface area contributed by atoms with Crippen molar-refractivity contribution in [3.8, 4) is 0 Å². The number of nitrogens with zero attached hydrogens (tertiary/aromatic N) is 2. The molecule has 5 heteroatoms. The molecule has 0 atom stereocenters. The van der Waals surface area contributed by atoms with Crippen LogP contribution < -0.4 is 0 Å². The van der Waals surface area contributed by atoms with Crippen molar-refractivity contribution in [3.63, 3.8) is 0 Å². The topological polar surface area (TPSA) is 46.3 Å². The van der Waals surface area contributed by atoms with E-state index >= 15 is 0 Å². The van der Waals surface area contributed by atoms with Gasteiger partial charge in [-0.25, -0.2) is 0 Å². The summed E-state index contributed by atoms with van der Waals surface area (Å²) in [5.41, 5.74) is 1.58. The van der Waals surface area contributed by atoms with Crippen molar-refractivity contribution >= 4 is 17.2 Å². The van der Waals surface area contributed by atoms with Crippen molar-refractivity contribution < 1.29 is 9.32 Å². The fourth-order valence-corrected chi connectivity index (χ4v) is 2.73. The molecule has 20 heavy (non-hydrogen) atoms. The Balaban J connectivity index is 2.08. The molecular weight excluding hydrogens is 272 g/mol. The van der Waals surface area contributed by atoms with Gasteiger partial charge in [-0.3, -0.25) is 4.79 Å². The van der Waals surface area contributed by atoms with E-state index in [4.69, 9.17) is 4.52 Å². The number of thiophene rings is 1. The Kier molecular flexibility index (Phi) is 5.35. The average molecular weight is 292 g/mol. The number of amides is 1. The van der Waals surface area contributed by atoms with Crippen molar-refractivity contribution in [2.24, 2.45) is 0 Å². The lowest BCUT2D eigenvalue weighted by molar-refractivity contribution is 0.0733. The highest BCUT2D eigenvalue weighted by Crippen LogP contribution is 2.14. The van der Waals surface area contributed by atoms with Crippen LogP contribution in [0.3, 0.4) is 0 Å². The summed E-state index contributed by atoms with van der Waals surface area (Å²) in [5, 5.41) is 8.00. The van der Waals surface area contributed by atoms with E-state index in [-0.39, 0.29) is 5.91 Å². The number of aromatic nitrogens is 1. The highest BCUT2D eigenvalue weighted by molar-refractivity contribution is 7.07. The molecule has 0 unspecified atom stereocenters. The zero-order chi connectivity index (χ0) is 14.4. The molecule has 1 amide bonds. The maximum atomic E-state index is 12.5. The highest BCUT2D eigenvalue weighted by Gasteiger charge is 2.19. The van der Waals surface area contributed by atoms with Crippen LogP contribution in [0.1, 0.15) is 48.5 Å². The molecule has 0 radical (unpaired) electrons. The van der Waals surface area contributed by atoms with E-state index in [1.165, 1.54) is 0 Å². The Morgan fingerprint density at radius 2 is 2.25 bits per heavy atom. The van der Waals surface area contributed by atoms with Crippen molar-refractivity contribution in [1.29, 1.82) is 0 Å². The average Bonchev–Trinajstić information content (AvgIpc) is 3.09. The van der Waals surface area contributed by atoms with Crippen molar-refractivity contribution in [3.05, 3.63) is 39.9 Å². The number of hydrogen-bond donors (Lipinski definition) is 0. The summed E-state index contributed by atoms with van der Waals surface area (Å²) < 4.78 is 5.19. The van der Waals surface area contributed by atoms with Crippen LogP contribution in [0.15, 0.2) is 27.4 Å². The predicted octanol–water partition coefficient (Wildman–Crippen LogP) is 3.74. The van der Waals surface area contributed by atoms with Gasteiger partial charge in [-0.05, 0) is 35.2 Å². The summed E-state index contributed by atoms with van der Waals surface area (Å²) in [6, 6.07) is 3.81. The van der Waals surface area contributed by atoms with Crippen molar-refractivity contribution in [1.82, 2.24) is 10.1 Å². The Labute approximate surface area is 123 Å². The Morgan fingerprint density at radius 3 is 2.90 bits per heavy atom. The van der Waals surface area contributed by atoms with E-state index in [1.807, 2.05) is 16.3 Å². The minimum absolute atomic E-state index is 0.0517. The molecule has 2 heterocycles. The maximum Gasteiger partial charge on any atom is 0.276 e. The van der Waals surface area contributed by atoms with Crippen LogP contribution in [-0.2, 0) is 13.0 Å².